The smallest absolute Gasteiger partial charge is 0.200 e. The predicted octanol–water partition coefficient (Wildman–Crippen LogP) is 7.52. The van der Waals surface area contributed by atoms with E-state index in [1.165, 1.54) is 91.0 Å². The van der Waals surface area contributed by atoms with Gasteiger partial charge in [0, 0.05) is 0 Å². The zero-order valence-electron chi connectivity index (χ0n) is 18.3. The van der Waals surface area contributed by atoms with Crippen LogP contribution in [-0.2, 0) is 0 Å². The SMILES string of the molecule is F/C(=C(\c1ccccc1)C(F)(F)F)C(F)(F)[P+](c1ccccc1)(c1ccccc1)c1ccccc1. The van der Waals surface area contributed by atoms with E-state index in [9.17, 15) is 13.2 Å². The minimum Gasteiger partial charge on any atom is -0.200 e. The molecule has 4 aromatic carbocycles. The van der Waals surface area contributed by atoms with Crippen LogP contribution in [0.25, 0.3) is 5.57 Å². The van der Waals surface area contributed by atoms with Crippen LogP contribution in [0, 0.1) is 0 Å². The standard InChI is InChI=1S/C28H20F6P/c29-26(25(27(30,31)32)21-13-5-1-6-14-21)28(33,34)35(22-15-7-2-8-16-22,23-17-9-3-10-18-23)24-19-11-4-12-20-24/h1-20H/q+1/b26-25+. The van der Waals surface area contributed by atoms with Gasteiger partial charge in [-0.15, -0.1) is 0 Å². The van der Waals surface area contributed by atoms with Crippen molar-refractivity contribution in [3.8, 4) is 0 Å². The van der Waals surface area contributed by atoms with E-state index in [1.54, 1.807) is 18.2 Å². The summed E-state index contributed by atoms with van der Waals surface area (Å²) in [5.74, 6) is -2.50. The van der Waals surface area contributed by atoms with Crippen LogP contribution in [0.4, 0.5) is 26.3 Å². The maximum atomic E-state index is 16.8. The molecular weight excluding hydrogens is 481 g/mol. The molecule has 0 radical (unpaired) electrons. The lowest BCUT2D eigenvalue weighted by atomic mass is 10.0. The van der Waals surface area contributed by atoms with Crippen molar-refractivity contribution in [2.45, 2.75) is 11.8 Å². The maximum absolute atomic E-state index is 16.8. The molecule has 0 aliphatic heterocycles. The Bertz CT molecular complexity index is 1190. The van der Waals surface area contributed by atoms with Crippen LogP contribution < -0.4 is 15.9 Å². The lowest BCUT2D eigenvalue weighted by molar-refractivity contribution is -0.0720. The highest BCUT2D eigenvalue weighted by atomic mass is 31.2. The van der Waals surface area contributed by atoms with E-state index < -0.39 is 36.1 Å². The van der Waals surface area contributed by atoms with Gasteiger partial charge in [0.1, 0.15) is 21.5 Å². The first-order chi connectivity index (χ1) is 16.7. The third kappa shape index (κ3) is 4.39. The van der Waals surface area contributed by atoms with E-state index >= 15 is 13.2 Å². The van der Waals surface area contributed by atoms with E-state index in [-0.39, 0.29) is 15.9 Å². The van der Waals surface area contributed by atoms with Gasteiger partial charge in [-0.2, -0.15) is 26.3 Å². The van der Waals surface area contributed by atoms with Crippen molar-refractivity contribution in [1.29, 1.82) is 0 Å². The highest BCUT2D eigenvalue weighted by Gasteiger charge is 2.70. The van der Waals surface area contributed by atoms with Gasteiger partial charge in [0.25, 0.3) is 0 Å². The minimum atomic E-state index is -5.35. The van der Waals surface area contributed by atoms with Crippen molar-refractivity contribution in [3.63, 3.8) is 0 Å². The molecule has 0 bridgehead atoms. The Kier molecular flexibility index (Phi) is 6.86. The Morgan fingerprint density at radius 1 is 0.486 bits per heavy atom. The fourth-order valence-corrected chi connectivity index (χ4v) is 8.34. The Morgan fingerprint density at radius 3 is 1.11 bits per heavy atom. The monoisotopic (exact) mass is 501 g/mol. The van der Waals surface area contributed by atoms with E-state index in [1.807, 2.05) is 0 Å². The first kappa shape index (κ1) is 24.7. The molecule has 0 N–H and O–H groups in total. The van der Waals surface area contributed by atoms with Crippen molar-refractivity contribution in [2.24, 2.45) is 0 Å². The molecule has 0 atom stereocenters. The summed E-state index contributed by atoms with van der Waals surface area (Å²) in [6.45, 7) is 0. The molecule has 4 aromatic rings. The number of allylic oxidation sites excluding steroid dienone is 2. The predicted molar refractivity (Wildman–Crippen MR) is 131 cm³/mol. The van der Waals surface area contributed by atoms with Gasteiger partial charge in [-0.3, -0.25) is 0 Å². The molecular formula is C28H20F6P+. The third-order valence-corrected chi connectivity index (χ3v) is 9.94. The van der Waals surface area contributed by atoms with Crippen molar-refractivity contribution in [3.05, 3.63) is 133 Å². The summed E-state index contributed by atoms with van der Waals surface area (Å²) >= 11 is 0. The largest absolute Gasteiger partial charge is 0.420 e. The van der Waals surface area contributed by atoms with Crippen molar-refractivity contribution in [2.75, 3.05) is 0 Å². The Morgan fingerprint density at radius 2 is 0.800 bits per heavy atom. The molecule has 0 amide bonds. The van der Waals surface area contributed by atoms with Crippen LogP contribution in [0.15, 0.2) is 127 Å². The first-order valence-electron chi connectivity index (χ1n) is 10.7. The normalized spacial score (nSPS) is 13.3. The first-order valence-corrected chi connectivity index (χ1v) is 12.5. The van der Waals surface area contributed by atoms with Crippen LogP contribution in [0.5, 0.6) is 0 Å². The number of benzene rings is 4. The molecule has 0 fully saturated rings. The van der Waals surface area contributed by atoms with Gasteiger partial charge in [0.15, 0.2) is 7.26 Å². The molecule has 0 spiro atoms. The summed E-state index contributed by atoms with van der Waals surface area (Å²) in [5.41, 5.74) is -7.17. The van der Waals surface area contributed by atoms with Crippen molar-refractivity contribution >= 4 is 28.7 Å². The van der Waals surface area contributed by atoms with E-state index in [0.29, 0.717) is 0 Å². The Labute approximate surface area is 199 Å². The number of alkyl halides is 5. The second-order valence-electron chi connectivity index (χ2n) is 7.77. The van der Waals surface area contributed by atoms with Gasteiger partial charge in [-0.05, 0) is 42.0 Å². The molecule has 0 unspecified atom stereocenters. The van der Waals surface area contributed by atoms with Crippen LogP contribution in [0.2, 0.25) is 0 Å². The summed E-state index contributed by atoms with van der Waals surface area (Å²) in [6.07, 6.45) is -5.35. The summed E-state index contributed by atoms with van der Waals surface area (Å²) in [6, 6.07) is 28.4. The third-order valence-electron chi connectivity index (χ3n) is 5.68. The summed E-state index contributed by atoms with van der Waals surface area (Å²) < 4.78 is 92.1. The van der Waals surface area contributed by atoms with Crippen LogP contribution in [0.3, 0.4) is 0 Å². The number of halogens is 6. The summed E-state index contributed by atoms with van der Waals surface area (Å²) in [4.78, 5) is 0. The molecule has 4 rings (SSSR count). The van der Waals surface area contributed by atoms with Crippen LogP contribution >= 0.6 is 7.26 Å². The molecule has 0 nitrogen and oxygen atoms in total. The lowest BCUT2D eigenvalue weighted by Crippen LogP contribution is -2.44. The fourth-order valence-electron chi connectivity index (χ4n) is 4.21. The van der Waals surface area contributed by atoms with Gasteiger partial charge >= 0.3 is 11.8 Å². The van der Waals surface area contributed by atoms with Crippen LogP contribution in [0.1, 0.15) is 5.56 Å². The molecule has 0 saturated heterocycles. The molecule has 0 aromatic heterocycles. The number of rotatable bonds is 6. The average molecular weight is 501 g/mol. The second-order valence-corrected chi connectivity index (χ2v) is 11.2. The molecule has 0 aliphatic carbocycles. The van der Waals surface area contributed by atoms with E-state index in [2.05, 4.69) is 0 Å². The molecule has 0 saturated carbocycles. The molecule has 35 heavy (non-hydrogen) atoms. The van der Waals surface area contributed by atoms with Gasteiger partial charge in [-0.25, -0.2) is 0 Å². The van der Waals surface area contributed by atoms with Gasteiger partial charge in [-0.1, -0.05) is 84.9 Å². The van der Waals surface area contributed by atoms with Crippen molar-refractivity contribution in [1.82, 2.24) is 0 Å². The Balaban J connectivity index is 2.16. The molecule has 178 valence electrons. The lowest BCUT2D eigenvalue weighted by Gasteiger charge is -2.33. The van der Waals surface area contributed by atoms with E-state index in [0.717, 1.165) is 12.1 Å². The molecule has 0 heterocycles. The topological polar surface area (TPSA) is 0 Å². The second kappa shape index (κ2) is 9.71. The summed E-state index contributed by atoms with van der Waals surface area (Å²) in [5, 5.41) is 0.186. The van der Waals surface area contributed by atoms with Gasteiger partial charge in [0.05, 0.1) is 0 Å². The fraction of sp³-hybridized carbons (Fsp3) is 0.0714. The number of hydrogen-bond donors (Lipinski definition) is 0. The van der Waals surface area contributed by atoms with Crippen LogP contribution in [-0.4, -0.2) is 11.8 Å². The Hall–Kier alpha value is -3.37. The van der Waals surface area contributed by atoms with Crippen molar-refractivity contribution < 1.29 is 26.3 Å². The zero-order chi connectivity index (χ0) is 25.1. The van der Waals surface area contributed by atoms with Gasteiger partial charge in [0.2, 0.25) is 5.83 Å². The highest BCUT2D eigenvalue weighted by molar-refractivity contribution is 7.96. The highest BCUT2D eigenvalue weighted by Crippen LogP contribution is 2.71. The summed E-state index contributed by atoms with van der Waals surface area (Å²) in [7, 11) is -4.32. The quantitative estimate of drug-likeness (QED) is 0.189. The zero-order valence-corrected chi connectivity index (χ0v) is 19.2. The van der Waals surface area contributed by atoms with E-state index in [4.69, 9.17) is 0 Å². The number of hydrogen-bond acceptors (Lipinski definition) is 0. The minimum absolute atomic E-state index is 0.0622. The molecule has 7 heteroatoms. The average Bonchev–Trinajstić information content (AvgIpc) is 2.86. The maximum Gasteiger partial charge on any atom is 0.420 e. The van der Waals surface area contributed by atoms with Gasteiger partial charge < -0.3 is 0 Å². The molecule has 0 aliphatic rings.